The molecule has 2 aliphatic heterocycles. The number of hydrogen-bond acceptors (Lipinski definition) is 9. The highest BCUT2D eigenvalue weighted by Crippen LogP contribution is 2.33. The van der Waals surface area contributed by atoms with Crippen molar-refractivity contribution in [1.29, 1.82) is 0 Å². The van der Waals surface area contributed by atoms with Gasteiger partial charge in [-0.1, -0.05) is 47.5 Å². The van der Waals surface area contributed by atoms with Crippen molar-refractivity contribution in [2.75, 3.05) is 31.5 Å². The van der Waals surface area contributed by atoms with Crippen LogP contribution < -0.4 is 16.0 Å². The van der Waals surface area contributed by atoms with Crippen molar-refractivity contribution in [3.63, 3.8) is 0 Å². The number of anilines is 1. The highest BCUT2D eigenvalue weighted by molar-refractivity contribution is 6.33. The number of carbonyl (C=O) groups is 5. The third-order valence-corrected chi connectivity index (χ3v) is 9.20. The van der Waals surface area contributed by atoms with Crippen molar-refractivity contribution >= 4 is 82.2 Å². The zero-order chi connectivity index (χ0) is 47.1. The molecule has 18 heteroatoms. The van der Waals surface area contributed by atoms with E-state index in [-0.39, 0.29) is 18.5 Å². The summed E-state index contributed by atoms with van der Waals surface area (Å²) in [6.07, 6.45) is 1.57. The lowest BCUT2D eigenvalue weighted by Gasteiger charge is -2.30. The summed E-state index contributed by atoms with van der Waals surface area (Å²) in [5, 5.41) is 8.83. The summed E-state index contributed by atoms with van der Waals surface area (Å²) in [6.45, 7) is 22.0. The maximum Gasteiger partial charge on any atom is 0.437 e. The van der Waals surface area contributed by atoms with Crippen LogP contribution in [0.4, 0.5) is 24.9 Å². The van der Waals surface area contributed by atoms with Gasteiger partial charge < -0.3 is 34.1 Å². The van der Waals surface area contributed by atoms with Gasteiger partial charge in [0.15, 0.2) is 0 Å². The van der Waals surface area contributed by atoms with Crippen LogP contribution in [0.25, 0.3) is 11.1 Å². The molecule has 0 radical (unpaired) electrons. The lowest BCUT2D eigenvalue weighted by Crippen LogP contribution is -2.48. The molecule has 2 aliphatic rings. The standard InChI is InChI=1S/C45H59Cl2N7O9/c1-42(2,3)60-38(56)49-36(50-39(57)61-43(4,5)6)53-21-17-27(18-22-53)31-15-13-29(25-33(31)46)35(55)48-30-14-16-32(34(47)26-30)28-19-23-54(24-20-28)37(51-40(58)62-44(7,8)9)52-41(59)63-45(10,11)12/h13-17,19,25-26H,18,20-24H2,1-12H3,(H,48,55)(H,49,50,56,57)(H,51,52,58,59). The van der Waals surface area contributed by atoms with Gasteiger partial charge in [0.1, 0.15) is 22.4 Å². The van der Waals surface area contributed by atoms with E-state index in [2.05, 4.69) is 25.9 Å². The number of rotatable bonds is 4. The topological polar surface area (TPSA) is 190 Å². The number of amides is 5. The van der Waals surface area contributed by atoms with E-state index < -0.39 is 52.7 Å². The lowest BCUT2D eigenvalue weighted by molar-refractivity contribution is 0.0536. The van der Waals surface area contributed by atoms with Gasteiger partial charge in [-0.05, 0) is 142 Å². The fourth-order valence-corrected chi connectivity index (χ4v) is 6.68. The molecule has 2 heterocycles. The number of benzene rings is 2. The molecule has 2 aromatic carbocycles. The number of guanidine groups is 2. The fourth-order valence-electron chi connectivity index (χ4n) is 6.07. The zero-order valence-corrected chi connectivity index (χ0v) is 39.6. The molecule has 0 spiro atoms. The van der Waals surface area contributed by atoms with Crippen LogP contribution in [-0.4, -0.2) is 101 Å². The Morgan fingerprint density at radius 2 is 0.968 bits per heavy atom. The highest BCUT2D eigenvalue weighted by atomic mass is 35.5. The van der Waals surface area contributed by atoms with E-state index in [9.17, 15) is 24.0 Å². The molecule has 342 valence electrons. The molecule has 3 N–H and O–H groups in total. The molecule has 0 fully saturated rings. The Balaban J connectivity index is 1.43. The van der Waals surface area contributed by atoms with Crippen LogP contribution in [0.3, 0.4) is 0 Å². The van der Waals surface area contributed by atoms with E-state index in [0.717, 1.165) is 22.3 Å². The molecular formula is C45H59Cl2N7O9. The second-order valence-corrected chi connectivity index (χ2v) is 19.6. The van der Waals surface area contributed by atoms with Crippen molar-refractivity contribution in [1.82, 2.24) is 20.4 Å². The Bertz CT molecular complexity index is 2210. The molecule has 0 aromatic heterocycles. The van der Waals surface area contributed by atoms with Crippen molar-refractivity contribution in [3.05, 3.63) is 75.3 Å². The second kappa shape index (κ2) is 20.3. The number of carbonyl (C=O) groups excluding carboxylic acids is 5. The number of hydrogen-bond donors (Lipinski definition) is 3. The van der Waals surface area contributed by atoms with E-state index in [4.69, 9.17) is 42.1 Å². The summed E-state index contributed by atoms with van der Waals surface area (Å²) in [7, 11) is 0. The SMILES string of the molecule is CC(C)(C)OC(=O)N=C(NC(=O)OC(C)(C)C)N1CC=C(c2ccc(NC(=O)c3ccc(C4=CCN(C(=NC(=O)OC(C)(C)C)NC(=O)OC(C)(C)C)CC4)c(Cl)c3)cc2Cl)CC1. The molecule has 0 atom stereocenters. The number of halogens is 2. The third-order valence-electron chi connectivity index (χ3n) is 8.57. The summed E-state index contributed by atoms with van der Waals surface area (Å²) in [5.41, 5.74) is 1.01. The molecule has 2 aromatic rings. The first-order valence-electron chi connectivity index (χ1n) is 20.5. The molecule has 0 aliphatic carbocycles. The van der Waals surface area contributed by atoms with Crippen LogP contribution in [0.5, 0.6) is 0 Å². The van der Waals surface area contributed by atoms with Crippen LogP contribution in [-0.2, 0) is 18.9 Å². The van der Waals surface area contributed by atoms with Gasteiger partial charge in [0.05, 0.1) is 5.02 Å². The van der Waals surface area contributed by atoms with Gasteiger partial charge in [0, 0.05) is 42.5 Å². The number of ether oxygens (including phenoxy) is 4. The average molecular weight is 913 g/mol. The maximum atomic E-state index is 13.4. The van der Waals surface area contributed by atoms with Crippen LogP contribution >= 0.6 is 23.2 Å². The van der Waals surface area contributed by atoms with E-state index in [1.807, 2.05) is 18.2 Å². The van der Waals surface area contributed by atoms with Crippen LogP contribution in [0.2, 0.25) is 10.0 Å². The quantitative estimate of drug-likeness (QED) is 0.150. The number of alkyl carbamates (subject to hydrolysis) is 2. The Morgan fingerprint density at radius 1 is 0.571 bits per heavy atom. The fraction of sp³-hybridized carbons (Fsp3) is 0.489. The molecule has 0 saturated heterocycles. The molecule has 0 bridgehead atoms. The Hall–Kier alpha value is -5.61. The lowest BCUT2D eigenvalue weighted by atomic mass is 9.98. The first-order valence-corrected chi connectivity index (χ1v) is 21.2. The smallest absolute Gasteiger partial charge is 0.437 e. The summed E-state index contributed by atoms with van der Waals surface area (Å²) < 4.78 is 21.5. The molecule has 5 amide bonds. The summed E-state index contributed by atoms with van der Waals surface area (Å²) in [4.78, 5) is 75.4. The van der Waals surface area contributed by atoms with Crippen LogP contribution in [0, 0.1) is 0 Å². The normalized spacial score (nSPS) is 15.4. The largest absolute Gasteiger partial charge is 0.444 e. The van der Waals surface area contributed by atoms with Gasteiger partial charge in [-0.3, -0.25) is 15.4 Å². The van der Waals surface area contributed by atoms with Gasteiger partial charge in [-0.25, -0.2) is 19.2 Å². The van der Waals surface area contributed by atoms with Gasteiger partial charge in [0.2, 0.25) is 11.9 Å². The first-order chi connectivity index (χ1) is 29.0. The van der Waals surface area contributed by atoms with Crippen LogP contribution in [0.1, 0.15) is 117 Å². The zero-order valence-electron chi connectivity index (χ0n) is 38.1. The Labute approximate surface area is 379 Å². The number of nitrogens with zero attached hydrogens (tertiary/aromatic N) is 4. The van der Waals surface area contributed by atoms with Gasteiger partial charge >= 0.3 is 24.4 Å². The van der Waals surface area contributed by atoms with Crippen molar-refractivity contribution in [2.45, 2.75) is 118 Å². The summed E-state index contributed by atoms with van der Waals surface area (Å²) in [5.74, 6) is -0.403. The van der Waals surface area contributed by atoms with E-state index in [1.165, 1.54) is 0 Å². The minimum atomic E-state index is -0.858. The van der Waals surface area contributed by atoms with Crippen molar-refractivity contribution < 1.29 is 42.9 Å². The maximum absolute atomic E-state index is 13.4. The first kappa shape index (κ1) is 50.0. The molecule has 63 heavy (non-hydrogen) atoms. The third kappa shape index (κ3) is 16.6. The monoisotopic (exact) mass is 911 g/mol. The molecule has 0 saturated carbocycles. The van der Waals surface area contributed by atoms with Crippen molar-refractivity contribution in [2.24, 2.45) is 9.98 Å². The van der Waals surface area contributed by atoms with E-state index in [1.54, 1.807) is 123 Å². The van der Waals surface area contributed by atoms with Gasteiger partial charge in [-0.15, -0.1) is 9.98 Å². The minimum absolute atomic E-state index is 0.00130. The highest BCUT2D eigenvalue weighted by Gasteiger charge is 2.27. The van der Waals surface area contributed by atoms with Gasteiger partial charge in [-0.2, -0.15) is 0 Å². The molecule has 16 nitrogen and oxygen atoms in total. The predicted octanol–water partition coefficient (Wildman–Crippen LogP) is 10.1. The molecule has 0 unspecified atom stereocenters. The van der Waals surface area contributed by atoms with Gasteiger partial charge in [0.25, 0.3) is 5.91 Å². The number of nitrogens with one attached hydrogen (secondary N) is 3. The molecule has 4 rings (SSSR count). The Morgan fingerprint density at radius 3 is 1.32 bits per heavy atom. The Kier molecular flexibility index (Phi) is 16.1. The van der Waals surface area contributed by atoms with E-state index >= 15 is 0 Å². The minimum Gasteiger partial charge on any atom is -0.444 e. The summed E-state index contributed by atoms with van der Waals surface area (Å²) >= 11 is 13.5. The van der Waals surface area contributed by atoms with Crippen LogP contribution in [0.15, 0.2) is 58.5 Å². The molecular weight excluding hydrogens is 853 g/mol. The van der Waals surface area contributed by atoms with E-state index in [0.29, 0.717) is 53.8 Å². The number of aliphatic imine (C=N–C) groups is 2. The average Bonchev–Trinajstić information content (AvgIpc) is 3.11. The predicted molar refractivity (Wildman–Crippen MR) is 245 cm³/mol. The van der Waals surface area contributed by atoms with Crippen molar-refractivity contribution in [3.8, 4) is 0 Å². The summed E-state index contributed by atoms with van der Waals surface area (Å²) in [6, 6.07) is 10.3. The second-order valence-electron chi connectivity index (χ2n) is 18.8.